The summed E-state index contributed by atoms with van der Waals surface area (Å²) in [6.07, 6.45) is 4.78. The number of thiazole rings is 1. The molecule has 216 valence electrons. The van der Waals surface area contributed by atoms with Crippen molar-refractivity contribution < 1.29 is 19.1 Å². The summed E-state index contributed by atoms with van der Waals surface area (Å²) in [6.45, 7) is 6.06. The Morgan fingerprint density at radius 2 is 1.95 bits per heavy atom. The fourth-order valence-electron chi connectivity index (χ4n) is 3.97. The first-order valence-electron chi connectivity index (χ1n) is 13.6. The lowest BCUT2D eigenvalue weighted by Gasteiger charge is -2.22. The van der Waals surface area contributed by atoms with E-state index in [2.05, 4.69) is 48.3 Å². The van der Waals surface area contributed by atoms with Crippen LogP contribution in [0.5, 0.6) is 5.75 Å². The van der Waals surface area contributed by atoms with Gasteiger partial charge in [-0.05, 0) is 43.3 Å². The predicted octanol–water partition coefficient (Wildman–Crippen LogP) is -0.207. The van der Waals surface area contributed by atoms with Gasteiger partial charge in [0.25, 0.3) is 11.8 Å². The predicted molar refractivity (Wildman–Crippen MR) is 172 cm³/mol. The lowest BCUT2D eigenvalue weighted by Crippen LogP contribution is -2.50. The summed E-state index contributed by atoms with van der Waals surface area (Å²) in [6, 6.07) is 6.89. The molecule has 3 amide bonds. The zero-order valence-corrected chi connectivity index (χ0v) is 25.1. The molecule has 0 unspecified atom stereocenters. The Bertz CT molecular complexity index is 1490. The minimum absolute atomic E-state index is 0.0267. The number of carbonyl (C=O) groups excluding carboxylic acids is 3. The second kappa shape index (κ2) is 13.1. The average molecular weight is 586 g/mol. The highest BCUT2D eigenvalue weighted by Gasteiger charge is 2.30. The lowest BCUT2D eigenvalue weighted by molar-refractivity contribution is -0.117. The zero-order valence-electron chi connectivity index (χ0n) is 24.3. The van der Waals surface area contributed by atoms with Gasteiger partial charge in [-0.15, -0.1) is 21.5 Å². The highest BCUT2D eigenvalue weighted by atomic mass is 32.1. The number of hydrogen-bond donors (Lipinski definition) is 5. The van der Waals surface area contributed by atoms with Crippen molar-refractivity contribution in [3.8, 4) is 16.3 Å². The highest BCUT2D eigenvalue weighted by Crippen LogP contribution is 2.40. The van der Waals surface area contributed by atoms with E-state index >= 15 is 0 Å². The number of anilines is 3. The van der Waals surface area contributed by atoms with E-state index in [0.717, 1.165) is 12.8 Å². The second-order valence-corrected chi connectivity index (χ2v) is 12.0. The molecule has 3 aromatic rings. The molecule has 0 radical (unpaired) electrons. The summed E-state index contributed by atoms with van der Waals surface area (Å²) in [5.41, 5.74) is 1.56. The van der Waals surface area contributed by atoms with E-state index < -0.39 is 11.1 Å². The van der Waals surface area contributed by atoms with E-state index in [1.54, 1.807) is 18.3 Å². The molecule has 1 fully saturated rings. The number of carbonyl (C=O) groups is 3. The largest absolute Gasteiger partial charge is 0.494 e. The van der Waals surface area contributed by atoms with Gasteiger partial charge in [-0.1, -0.05) is 12.6 Å². The van der Waals surface area contributed by atoms with E-state index in [1.165, 1.54) is 24.6 Å². The first-order chi connectivity index (χ1) is 20.0. The van der Waals surface area contributed by atoms with Crippen LogP contribution in [-0.4, -0.2) is 81.4 Å². The van der Waals surface area contributed by atoms with Crippen LogP contribution in [0, 0.1) is 5.92 Å². The van der Waals surface area contributed by atoms with Gasteiger partial charge in [-0.25, -0.2) is 4.98 Å². The SMILES string of the molecule is BC(B)(B)NC(=O)c1nnc(NC(=O)C2CC2)cc1Nc1cccc(-c2ncc(C(=O)N[C@H](C)CNC=C)s2)c1OC. The minimum Gasteiger partial charge on any atom is -0.494 e. The lowest BCUT2D eigenvalue weighted by atomic mass is 9.49. The van der Waals surface area contributed by atoms with Gasteiger partial charge in [0, 0.05) is 24.6 Å². The number of hydrogen-bond acceptors (Lipinski definition) is 10. The third-order valence-electron chi connectivity index (χ3n) is 6.09. The monoisotopic (exact) mass is 586 g/mol. The van der Waals surface area contributed by atoms with Crippen LogP contribution < -0.4 is 31.3 Å². The van der Waals surface area contributed by atoms with Crippen molar-refractivity contribution in [3.63, 3.8) is 0 Å². The van der Waals surface area contributed by atoms with Gasteiger partial charge in [0.2, 0.25) is 5.91 Å². The first-order valence-corrected chi connectivity index (χ1v) is 14.4. The van der Waals surface area contributed by atoms with Crippen molar-refractivity contribution in [2.75, 3.05) is 24.3 Å². The molecule has 0 saturated heterocycles. The van der Waals surface area contributed by atoms with Gasteiger partial charge in [0.1, 0.15) is 33.4 Å². The maximum absolute atomic E-state index is 13.1. The van der Waals surface area contributed by atoms with Gasteiger partial charge in [-0.3, -0.25) is 14.4 Å². The van der Waals surface area contributed by atoms with E-state index in [4.69, 9.17) is 4.74 Å². The van der Waals surface area contributed by atoms with Crippen molar-refractivity contribution in [1.29, 1.82) is 0 Å². The molecule has 2 heterocycles. The van der Waals surface area contributed by atoms with E-state index in [-0.39, 0.29) is 35.3 Å². The van der Waals surface area contributed by atoms with E-state index in [0.29, 0.717) is 39.1 Å². The number of rotatable bonds is 13. The maximum atomic E-state index is 13.1. The Labute approximate surface area is 251 Å². The molecule has 12 nitrogen and oxygen atoms in total. The normalized spacial score (nSPS) is 13.4. The molecule has 0 bridgehead atoms. The maximum Gasteiger partial charge on any atom is 0.272 e. The summed E-state index contributed by atoms with van der Waals surface area (Å²) < 4.78 is 5.78. The van der Waals surface area contributed by atoms with Crippen molar-refractivity contribution >= 4 is 69.8 Å². The average Bonchev–Trinajstić information content (AvgIpc) is 3.67. The molecule has 1 aliphatic rings. The van der Waals surface area contributed by atoms with Crippen LogP contribution in [0.15, 0.2) is 43.2 Å². The zero-order chi connectivity index (χ0) is 30.4. The van der Waals surface area contributed by atoms with Crippen LogP contribution in [0.4, 0.5) is 17.2 Å². The Kier molecular flexibility index (Phi) is 9.56. The molecule has 42 heavy (non-hydrogen) atoms. The molecule has 5 N–H and O–H groups in total. The highest BCUT2D eigenvalue weighted by molar-refractivity contribution is 7.17. The number of aromatic nitrogens is 3. The van der Waals surface area contributed by atoms with Gasteiger partial charge in [0.15, 0.2) is 17.3 Å². The van der Waals surface area contributed by atoms with Crippen LogP contribution in [0.25, 0.3) is 10.6 Å². The molecule has 0 spiro atoms. The molecule has 4 rings (SSSR count). The Morgan fingerprint density at radius 1 is 1.19 bits per heavy atom. The standard InChI is InChI=1S/C26H33B3N8O4S/c1-4-30-11-13(2)32-23(39)18-12-31-25(42-18)15-6-5-7-16(21(15)41-3)33-17-10-19(34-22(38)14-8-9-14)36-37-20(17)24(40)35-26(27,28)29/h4-7,10,12-14,30H,1,8-9,11,27-29H2,2-3H3,(H,32,39)(H,35,40)(H2,33,34,36,38)/t13-/m1/s1. The molecule has 2 aromatic heterocycles. The number of ether oxygens (including phenoxy) is 1. The quantitative estimate of drug-likeness (QED) is 0.171. The van der Waals surface area contributed by atoms with E-state index in [9.17, 15) is 14.4 Å². The third kappa shape index (κ3) is 7.90. The van der Waals surface area contributed by atoms with Crippen LogP contribution in [0.2, 0.25) is 0 Å². The van der Waals surface area contributed by atoms with Gasteiger partial charge in [0.05, 0.1) is 30.2 Å². The topological polar surface area (TPSA) is 159 Å². The second-order valence-electron chi connectivity index (χ2n) is 11.0. The fourth-order valence-corrected chi connectivity index (χ4v) is 4.81. The van der Waals surface area contributed by atoms with Crippen LogP contribution in [-0.2, 0) is 4.79 Å². The number of amides is 3. The summed E-state index contributed by atoms with van der Waals surface area (Å²) in [5.74, 6) is -0.142. The van der Waals surface area contributed by atoms with Gasteiger partial charge in [-0.2, -0.15) is 0 Å². The molecule has 1 saturated carbocycles. The number of para-hydroxylation sites is 1. The van der Waals surface area contributed by atoms with Crippen molar-refractivity contribution in [2.24, 2.45) is 5.92 Å². The molecule has 1 aromatic carbocycles. The number of nitrogens with one attached hydrogen (secondary N) is 5. The molecule has 1 aliphatic carbocycles. The van der Waals surface area contributed by atoms with Crippen LogP contribution in [0.1, 0.15) is 39.9 Å². The summed E-state index contributed by atoms with van der Waals surface area (Å²) in [7, 11) is 7.12. The smallest absolute Gasteiger partial charge is 0.272 e. The number of nitrogens with zero attached hydrogens (tertiary/aromatic N) is 3. The number of methoxy groups -OCH3 is 1. The van der Waals surface area contributed by atoms with Gasteiger partial charge >= 0.3 is 0 Å². The summed E-state index contributed by atoms with van der Waals surface area (Å²) >= 11 is 1.23. The van der Waals surface area contributed by atoms with Crippen molar-refractivity contribution in [3.05, 3.63) is 53.8 Å². The molecular weight excluding hydrogens is 553 g/mol. The molecule has 16 heteroatoms. The van der Waals surface area contributed by atoms with Crippen molar-refractivity contribution in [1.82, 2.24) is 31.1 Å². The van der Waals surface area contributed by atoms with Crippen LogP contribution >= 0.6 is 11.3 Å². The summed E-state index contributed by atoms with van der Waals surface area (Å²) in [5, 5.41) is 23.1. The fraction of sp³-hybridized carbons (Fsp3) is 0.308. The van der Waals surface area contributed by atoms with Crippen molar-refractivity contribution in [2.45, 2.75) is 31.0 Å². The summed E-state index contributed by atoms with van der Waals surface area (Å²) in [4.78, 5) is 43.2. The number of benzene rings is 1. The Hall–Kier alpha value is -4.33. The minimum atomic E-state index is -0.513. The molecule has 0 aliphatic heterocycles. The molecular formula is C26H33B3N8O4S. The first kappa shape index (κ1) is 30.6. The third-order valence-corrected chi connectivity index (χ3v) is 7.12. The Balaban J connectivity index is 1.64. The van der Waals surface area contributed by atoms with Crippen LogP contribution in [0.3, 0.4) is 0 Å². The Morgan fingerprint density at radius 3 is 2.62 bits per heavy atom. The molecule has 1 atom stereocenters. The van der Waals surface area contributed by atoms with Gasteiger partial charge < -0.3 is 31.3 Å². The van der Waals surface area contributed by atoms with E-state index in [1.807, 2.05) is 42.6 Å².